The second-order valence-corrected chi connectivity index (χ2v) is 5.68. The molecule has 0 N–H and O–H groups in total. The van der Waals surface area contributed by atoms with Crippen molar-refractivity contribution in [3.05, 3.63) is 12.7 Å². The Kier molecular flexibility index (Phi) is 14.0. The van der Waals surface area contributed by atoms with Crippen LogP contribution in [0.2, 0.25) is 0 Å². The average molecular weight is 315 g/mol. The average Bonchev–Trinajstić information content (AvgIpc) is 2.50. The minimum Gasteiger partial charge on any atom is -0.328 e. The third-order valence-corrected chi connectivity index (χ3v) is 3.89. The highest BCUT2D eigenvalue weighted by Crippen LogP contribution is 2.33. The maximum absolute atomic E-state index is 5.93. The zero-order valence-electron chi connectivity index (χ0n) is 15.4. The Labute approximate surface area is 138 Å². The Bertz CT molecular complexity index is 236. The third-order valence-electron chi connectivity index (χ3n) is 3.89. The summed E-state index contributed by atoms with van der Waals surface area (Å²) in [5, 5.41) is 0. The molecule has 3 heteroatoms. The standard InChI is InChI=1S/C19H38O3/c1-6-11-12-13-14-15-17-18(16-7-2)19(20-8-3,21-9-4)22-10-5/h7,18H,2,6,8-17H2,1,3-5H3. The van der Waals surface area contributed by atoms with Crippen LogP contribution < -0.4 is 0 Å². The molecule has 0 fully saturated rings. The lowest BCUT2D eigenvalue weighted by molar-refractivity contribution is -0.402. The van der Waals surface area contributed by atoms with E-state index in [-0.39, 0.29) is 5.92 Å². The Balaban J connectivity index is 4.62. The lowest BCUT2D eigenvalue weighted by Crippen LogP contribution is -2.46. The van der Waals surface area contributed by atoms with Crippen molar-refractivity contribution in [2.75, 3.05) is 19.8 Å². The number of rotatable bonds is 16. The van der Waals surface area contributed by atoms with Crippen molar-refractivity contribution in [3.8, 4) is 0 Å². The fraction of sp³-hybridized carbons (Fsp3) is 0.895. The topological polar surface area (TPSA) is 27.7 Å². The maximum atomic E-state index is 5.93. The van der Waals surface area contributed by atoms with E-state index in [1.54, 1.807) is 0 Å². The van der Waals surface area contributed by atoms with Crippen LogP contribution in [0.25, 0.3) is 0 Å². The summed E-state index contributed by atoms with van der Waals surface area (Å²) in [6.45, 7) is 13.9. The minimum atomic E-state index is -0.907. The molecule has 0 aliphatic carbocycles. The van der Waals surface area contributed by atoms with Gasteiger partial charge in [-0.1, -0.05) is 51.5 Å². The summed E-state index contributed by atoms with van der Waals surface area (Å²) in [5.74, 6) is -0.702. The monoisotopic (exact) mass is 314 g/mol. The predicted octanol–water partition coefficient (Wildman–Crippen LogP) is 5.69. The first-order chi connectivity index (χ1) is 10.7. The largest absolute Gasteiger partial charge is 0.328 e. The van der Waals surface area contributed by atoms with Crippen LogP contribution in [0, 0.1) is 5.92 Å². The molecular weight excluding hydrogens is 276 g/mol. The Morgan fingerprint density at radius 2 is 1.32 bits per heavy atom. The van der Waals surface area contributed by atoms with Crippen LogP contribution in [-0.4, -0.2) is 25.8 Å². The highest BCUT2D eigenvalue weighted by atomic mass is 16.9. The molecule has 0 heterocycles. The van der Waals surface area contributed by atoms with Gasteiger partial charge < -0.3 is 14.2 Å². The molecule has 0 saturated carbocycles. The number of hydrogen-bond donors (Lipinski definition) is 0. The van der Waals surface area contributed by atoms with Gasteiger partial charge in [0.25, 0.3) is 5.97 Å². The van der Waals surface area contributed by atoms with E-state index in [0.29, 0.717) is 19.8 Å². The van der Waals surface area contributed by atoms with E-state index in [0.717, 1.165) is 12.8 Å². The van der Waals surface area contributed by atoms with Crippen LogP contribution in [0.5, 0.6) is 0 Å². The first kappa shape index (κ1) is 21.6. The Morgan fingerprint density at radius 3 is 1.77 bits per heavy atom. The number of unbranched alkanes of at least 4 members (excludes halogenated alkanes) is 5. The van der Waals surface area contributed by atoms with Crippen molar-refractivity contribution in [1.29, 1.82) is 0 Å². The zero-order valence-corrected chi connectivity index (χ0v) is 15.4. The molecule has 0 aromatic heterocycles. The zero-order chi connectivity index (χ0) is 16.7. The summed E-state index contributed by atoms with van der Waals surface area (Å²) in [6.07, 6.45) is 11.6. The van der Waals surface area contributed by atoms with Gasteiger partial charge >= 0.3 is 0 Å². The Morgan fingerprint density at radius 1 is 0.818 bits per heavy atom. The van der Waals surface area contributed by atoms with Crippen molar-refractivity contribution in [2.24, 2.45) is 5.92 Å². The number of hydrogen-bond acceptors (Lipinski definition) is 3. The maximum Gasteiger partial charge on any atom is 0.286 e. The second kappa shape index (κ2) is 14.2. The molecule has 0 aromatic carbocycles. The summed E-state index contributed by atoms with van der Waals surface area (Å²) in [7, 11) is 0. The van der Waals surface area contributed by atoms with Gasteiger partial charge in [0.15, 0.2) is 0 Å². The van der Waals surface area contributed by atoms with Crippen molar-refractivity contribution >= 4 is 0 Å². The first-order valence-electron chi connectivity index (χ1n) is 9.23. The Hall–Kier alpha value is -0.380. The van der Waals surface area contributed by atoms with Crippen LogP contribution in [0.1, 0.15) is 79.1 Å². The molecule has 3 nitrogen and oxygen atoms in total. The molecule has 132 valence electrons. The highest BCUT2D eigenvalue weighted by Gasteiger charge is 2.40. The summed E-state index contributed by atoms with van der Waals surface area (Å²) < 4.78 is 17.8. The van der Waals surface area contributed by atoms with Crippen LogP contribution in [0.15, 0.2) is 12.7 Å². The molecule has 0 saturated heterocycles. The smallest absolute Gasteiger partial charge is 0.286 e. The van der Waals surface area contributed by atoms with Gasteiger partial charge in [-0.3, -0.25) is 0 Å². The molecule has 0 spiro atoms. The predicted molar refractivity (Wildman–Crippen MR) is 93.9 cm³/mol. The molecule has 0 bridgehead atoms. The van der Waals surface area contributed by atoms with Gasteiger partial charge in [-0.05, 0) is 33.6 Å². The van der Waals surface area contributed by atoms with Crippen molar-refractivity contribution < 1.29 is 14.2 Å². The molecule has 22 heavy (non-hydrogen) atoms. The van der Waals surface area contributed by atoms with E-state index >= 15 is 0 Å². The normalized spacial score (nSPS) is 13.3. The van der Waals surface area contributed by atoms with E-state index in [1.807, 2.05) is 26.8 Å². The minimum absolute atomic E-state index is 0.205. The number of ether oxygens (including phenoxy) is 3. The highest BCUT2D eigenvalue weighted by molar-refractivity contribution is 4.80. The lowest BCUT2D eigenvalue weighted by Gasteiger charge is -2.38. The van der Waals surface area contributed by atoms with Crippen molar-refractivity contribution in [1.82, 2.24) is 0 Å². The van der Waals surface area contributed by atoms with Crippen molar-refractivity contribution in [3.63, 3.8) is 0 Å². The molecule has 0 aliphatic rings. The van der Waals surface area contributed by atoms with Gasteiger partial charge in [0.2, 0.25) is 0 Å². The van der Waals surface area contributed by atoms with E-state index in [4.69, 9.17) is 14.2 Å². The first-order valence-corrected chi connectivity index (χ1v) is 9.23. The van der Waals surface area contributed by atoms with Gasteiger partial charge in [0.1, 0.15) is 0 Å². The summed E-state index contributed by atoms with van der Waals surface area (Å²) in [5.41, 5.74) is 0. The van der Waals surface area contributed by atoms with E-state index in [2.05, 4.69) is 13.5 Å². The second-order valence-electron chi connectivity index (χ2n) is 5.68. The van der Waals surface area contributed by atoms with Gasteiger partial charge in [0, 0.05) is 25.7 Å². The van der Waals surface area contributed by atoms with E-state index in [1.165, 1.54) is 38.5 Å². The molecule has 0 radical (unpaired) electrons. The van der Waals surface area contributed by atoms with Crippen LogP contribution >= 0.6 is 0 Å². The summed E-state index contributed by atoms with van der Waals surface area (Å²) >= 11 is 0. The van der Waals surface area contributed by atoms with Crippen molar-refractivity contribution in [2.45, 2.75) is 85.0 Å². The fourth-order valence-electron chi connectivity index (χ4n) is 2.89. The van der Waals surface area contributed by atoms with Gasteiger partial charge in [0.05, 0.1) is 0 Å². The molecule has 0 rings (SSSR count). The number of allylic oxidation sites excluding steroid dienone is 1. The quantitative estimate of drug-likeness (QED) is 0.208. The molecular formula is C19H38O3. The van der Waals surface area contributed by atoms with E-state index in [9.17, 15) is 0 Å². The van der Waals surface area contributed by atoms with Gasteiger partial charge in [-0.25, -0.2) is 0 Å². The third kappa shape index (κ3) is 8.30. The van der Waals surface area contributed by atoms with Crippen LogP contribution in [-0.2, 0) is 14.2 Å². The molecule has 1 unspecified atom stereocenters. The summed E-state index contributed by atoms with van der Waals surface area (Å²) in [6, 6.07) is 0. The summed E-state index contributed by atoms with van der Waals surface area (Å²) in [4.78, 5) is 0. The van der Waals surface area contributed by atoms with E-state index < -0.39 is 5.97 Å². The molecule has 0 amide bonds. The van der Waals surface area contributed by atoms with Gasteiger partial charge in [-0.15, -0.1) is 6.58 Å². The molecule has 1 atom stereocenters. The molecule has 0 aliphatic heterocycles. The SMILES string of the molecule is C=CCC(CCCCCCCC)C(OCC)(OCC)OCC. The van der Waals surface area contributed by atoms with Crippen LogP contribution in [0.4, 0.5) is 0 Å². The van der Waals surface area contributed by atoms with Gasteiger partial charge in [-0.2, -0.15) is 0 Å². The van der Waals surface area contributed by atoms with Crippen LogP contribution in [0.3, 0.4) is 0 Å². The fourth-order valence-corrected chi connectivity index (χ4v) is 2.89. The molecule has 0 aromatic rings. The lowest BCUT2D eigenvalue weighted by atomic mass is 9.94.